The summed E-state index contributed by atoms with van der Waals surface area (Å²) in [7, 11) is 0. The van der Waals surface area contributed by atoms with Crippen LogP contribution in [-0.4, -0.2) is 58.3 Å². The highest BCUT2D eigenvalue weighted by Crippen LogP contribution is 2.21. The van der Waals surface area contributed by atoms with Gasteiger partial charge in [-0.1, -0.05) is 54.6 Å². The van der Waals surface area contributed by atoms with Gasteiger partial charge in [-0.25, -0.2) is 15.6 Å². The van der Waals surface area contributed by atoms with Gasteiger partial charge in [0, 0.05) is 18.5 Å². The van der Waals surface area contributed by atoms with Crippen LogP contribution in [0.1, 0.15) is 31.2 Å². The van der Waals surface area contributed by atoms with Crippen LogP contribution in [0.5, 0.6) is 0 Å². The number of benzene rings is 2. The average molecular weight is 467 g/mol. The molecule has 1 saturated carbocycles. The highest BCUT2D eigenvalue weighted by atomic mass is 16.4. The number of carbonyl (C=O) groups is 3. The molecule has 180 valence electrons. The van der Waals surface area contributed by atoms with E-state index in [0.29, 0.717) is 6.42 Å². The minimum Gasteiger partial charge on any atom is -0.479 e. The SMILES string of the molecule is O=C(NC1CC1)C1CC(C(=O)N[C@H](Cc2ccc(-c3ccccc3)cc2)C[C@H](O)C(=O)O)NN1. The molecule has 0 radical (unpaired) electrons. The Morgan fingerprint density at radius 2 is 1.53 bits per heavy atom. The van der Waals surface area contributed by atoms with E-state index in [2.05, 4.69) is 21.5 Å². The molecular weight excluding hydrogens is 436 g/mol. The molecule has 2 aliphatic rings. The summed E-state index contributed by atoms with van der Waals surface area (Å²) in [5.41, 5.74) is 8.74. The first kappa shape index (κ1) is 23.9. The Labute approximate surface area is 197 Å². The molecule has 0 spiro atoms. The predicted octanol–water partition coefficient (Wildman–Crippen LogP) is 0.730. The van der Waals surface area contributed by atoms with Crippen molar-refractivity contribution >= 4 is 17.8 Å². The van der Waals surface area contributed by atoms with Crippen LogP contribution in [0.3, 0.4) is 0 Å². The maximum atomic E-state index is 12.9. The maximum absolute atomic E-state index is 12.9. The third kappa shape index (κ3) is 6.40. The van der Waals surface area contributed by atoms with Gasteiger partial charge in [0.1, 0.15) is 12.1 Å². The summed E-state index contributed by atoms with van der Waals surface area (Å²) in [5.74, 6) is -1.82. The third-order valence-electron chi connectivity index (χ3n) is 6.14. The number of carboxylic acid groups (broad SMARTS) is 1. The number of nitrogens with one attached hydrogen (secondary N) is 4. The molecule has 2 amide bonds. The van der Waals surface area contributed by atoms with Gasteiger partial charge in [-0.15, -0.1) is 0 Å². The lowest BCUT2D eigenvalue weighted by atomic mass is 9.97. The zero-order valence-corrected chi connectivity index (χ0v) is 18.7. The molecule has 1 heterocycles. The Balaban J connectivity index is 1.38. The quantitative estimate of drug-likeness (QED) is 0.303. The van der Waals surface area contributed by atoms with Gasteiger partial charge in [-0.2, -0.15) is 0 Å². The predicted molar refractivity (Wildman–Crippen MR) is 125 cm³/mol. The van der Waals surface area contributed by atoms with Crippen molar-refractivity contribution in [1.29, 1.82) is 0 Å². The van der Waals surface area contributed by atoms with E-state index in [1.807, 2.05) is 54.6 Å². The lowest BCUT2D eigenvalue weighted by Gasteiger charge is -2.22. The van der Waals surface area contributed by atoms with Gasteiger partial charge in [0.25, 0.3) is 0 Å². The number of aliphatic carboxylic acids is 1. The summed E-state index contributed by atoms with van der Waals surface area (Å²) in [6, 6.07) is 16.2. The molecule has 9 nitrogen and oxygen atoms in total. The average Bonchev–Trinajstić information content (AvgIpc) is 3.50. The molecule has 1 aliphatic carbocycles. The second kappa shape index (κ2) is 10.8. The van der Waals surface area contributed by atoms with Crippen molar-refractivity contribution < 1.29 is 24.6 Å². The lowest BCUT2D eigenvalue weighted by molar-refractivity contribution is -0.147. The second-order valence-electron chi connectivity index (χ2n) is 8.97. The number of amides is 2. The van der Waals surface area contributed by atoms with Gasteiger partial charge >= 0.3 is 5.97 Å². The minimum atomic E-state index is -1.60. The summed E-state index contributed by atoms with van der Waals surface area (Å²) in [6.45, 7) is 0. The number of hydrogen-bond acceptors (Lipinski definition) is 6. The van der Waals surface area contributed by atoms with Crippen LogP contribution in [-0.2, 0) is 20.8 Å². The summed E-state index contributed by atoms with van der Waals surface area (Å²) in [5, 5.41) is 24.8. The van der Waals surface area contributed by atoms with Gasteiger partial charge in [0.15, 0.2) is 6.10 Å². The first-order valence-corrected chi connectivity index (χ1v) is 11.6. The monoisotopic (exact) mass is 466 g/mol. The Morgan fingerprint density at radius 1 is 0.912 bits per heavy atom. The molecule has 1 saturated heterocycles. The maximum Gasteiger partial charge on any atom is 0.332 e. The van der Waals surface area contributed by atoms with Gasteiger partial charge in [-0.3, -0.25) is 9.59 Å². The molecule has 34 heavy (non-hydrogen) atoms. The molecule has 0 bridgehead atoms. The fourth-order valence-electron chi connectivity index (χ4n) is 4.04. The number of aliphatic hydroxyl groups excluding tert-OH is 1. The molecule has 6 N–H and O–H groups in total. The molecular formula is C25H30N4O5. The highest BCUT2D eigenvalue weighted by molar-refractivity contribution is 5.87. The molecule has 4 rings (SSSR count). The van der Waals surface area contributed by atoms with Crippen LogP contribution >= 0.6 is 0 Å². The van der Waals surface area contributed by atoms with Crippen molar-refractivity contribution in [3.05, 3.63) is 60.2 Å². The largest absolute Gasteiger partial charge is 0.479 e. The molecule has 4 atom stereocenters. The Morgan fingerprint density at radius 3 is 2.15 bits per heavy atom. The summed E-state index contributed by atoms with van der Waals surface area (Å²) in [4.78, 5) is 36.3. The number of hydrazine groups is 1. The molecule has 1 aliphatic heterocycles. The fraction of sp³-hybridized carbons (Fsp3) is 0.400. The van der Waals surface area contributed by atoms with E-state index in [-0.39, 0.29) is 30.7 Å². The Kier molecular flexibility index (Phi) is 7.56. The lowest BCUT2D eigenvalue weighted by Crippen LogP contribution is -2.49. The third-order valence-corrected chi connectivity index (χ3v) is 6.14. The second-order valence-corrected chi connectivity index (χ2v) is 8.97. The van der Waals surface area contributed by atoms with Crippen LogP contribution in [0.15, 0.2) is 54.6 Å². The minimum absolute atomic E-state index is 0.132. The summed E-state index contributed by atoms with van der Waals surface area (Å²) in [6.07, 6.45) is 0.876. The van der Waals surface area contributed by atoms with Crippen molar-refractivity contribution in [3.8, 4) is 11.1 Å². The molecule has 2 unspecified atom stereocenters. The molecule has 0 aromatic heterocycles. The van der Waals surface area contributed by atoms with Crippen LogP contribution in [0.2, 0.25) is 0 Å². The molecule has 2 aromatic carbocycles. The highest BCUT2D eigenvalue weighted by Gasteiger charge is 2.36. The zero-order valence-electron chi connectivity index (χ0n) is 18.7. The van der Waals surface area contributed by atoms with Gasteiger partial charge < -0.3 is 20.8 Å². The molecule has 2 aromatic rings. The summed E-state index contributed by atoms with van der Waals surface area (Å²) >= 11 is 0. The van der Waals surface area contributed by atoms with Gasteiger partial charge in [0.2, 0.25) is 11.8 Å². The van der Waals surface area contributed by atoms with Crippen LogP contribution < -0.4 is 21.5 Å². The number of carboxylic acids is 1. The van der Waals surface area contributed by atoms with E-state index in [1.54, 1.807) is 0 Å². The van der Waals surface area contributed by atoms with Crippen molar-refractivity contribution in [2.45, 2.75) is 62.4 Å². The summed E-state index contributed by atoms with van der Waals surface area (Å²) < 4.78 is 0. The zero-order chi connectivity index (χ0) is 24.1. The van der Waals surface area contributed by atoms with Crippen molar-refractivity contribution in [3.63, 3.8) is 0 Å². The van der Waals surface area contributed by atoms with E-state index >= 15 is 0 Å². The van der Waals surface area contributed by atoms with Crippen LogP contribution in [0.25, 0.3) is 11.1 Å². The Bertz CT molecular complexity index is 1010. The fourth-order valence-corrected chi connectivity index (χ4v) is 4.04. The van der Waals surface area contributed by atoms with Crippen molar-refractivity contribution in [2.24, 2.45) is 0 Å². The first-order chi connectivity index (χ1) is 16.4. The normalized spacial score (nSPS) is 21.4. The van der Waals surface area contributed by atoms with Gasteiger partial charge in [0.05, 0.1) is 0 Å². The van der Waals surface area contributed by atoms with Crippen molar-refractivity contribution in [2.75, 3.05) is 0 Å². The number of carbonyl (C=O) groups excluding carboxylic acids is 2. The number of rotatable bonds is 10. The Hall–Kier alpha value is -3.27. The molecule has 2 fully saturated rings. The number of aliphatic hydroxyl groups is 1. The van der Waals surface area contributed by atoms with E-state index in [4.69, 9.17) is 5.11 Å². The van der Waals surface area contributed by atoms with Crippen LogP contribution in [0.4, 0.5) is 0 Å². The van der Waals surface area contributed by atoms with E-state index in [9.17, 15) is 19.5 Å². The molecule has 9 heteroatoms. The number of hydrogen-bond donors (Lipinski definition) is 6. The van der Waals surface area contributed by atoms with Crippen LogP contribution in [0, 0.1) is 0 Å². The smallest absolute Gasteiger partial charge is 0.332 e. The topological polar surface area (TPSA) is 140 Å². The van der Waals surface area contributed by atoms with E-state index < -0.39 is 30.2 Å². The van der Waals surface area contributed by atoms with Gasteiger partial charge in [-0.05, 0) is 42.4 Å². The first-order valence-electron chi connectivity index (χ1n) is 11.6. The van der Waals surface area contributed by atoms with Crippen molar-refractivity contribution in [1.82, 2.24) is 21.5 Å². The standard InChI is InChI=1S/C25H30N4O5/c30-22(25(33)34)13-19(12-15-6-8-17(9-7-15)16-4-2-1-3-5-16)27-24(32)21-14-20(28-29-21)23(31)26-18-10-11-18/h1-9,18-22,28-30H,10-14H2,(H,26,31)(H,27,32)(H,33,34)/t19-,20?,21?,22+/m1/s1. The van der Waals surface area contributed by atoms with E-state index in [1.165, 1.54) is 0 Å². The van der Waals surface area contributed by atoms with E-state index in [0.717, 1.165) is 29.5 Å².